The summed E-state index contributed by atoms with van der Waals surface area (Å²) in [7, 11) is 1.93. The van der Waals surface area contributed by atoms with Crippen molar-refractivity contribution in [2.45, 2.75) is 32.2 Å². The first-order chi connectivity index (χ1) is 10.1. The van der Waals surface area contributed by atoms with E-state index < -0.39 is 0 Å². The van der Waals surface area contributed by atoms with E-state index in [0.717, 1.165) is 39.0 Å². The first-order valence-electron chi connectivity index (χ1n) is 7.47. The molecule has 116 valence electrons. The highest BCUT2D eigenvalue weighted by atomic mass is 16.6. The fraction of sp³-hybridized carbons (Fsp3) is 0.600. The Bertz CT molecular complexity index is 487. The van der Waals surface area contributed by atoms with Gasteiger partial charge in [-0.25, -0.2) is 0 Å². The Morgan fingerprint density at radius 2 is 2.14 bits per heavy atom. The zero-order chi connectivity index (χ0) is 15.2. The van der Waals surface area contributed by atoms with Crippen LogP contribution in [0.1, 0.15) is 26.2 Å². The summed E-state index contributed by atoms with van der Waals surface area (Å²) in [4.78, 5) is 13.2. The molecule has 1 aromatic rings. The molecule has 0 radical (unpaired) electrons. The molecule has 0 saturated carbocycles. The van der Waals surface area contributed by atoms with Crippen molar-refractivity contribution in [2.75, 3.05) is 37.0 Å². The molecule has 0 bridgehead atoms. The monoisotopic (exact) mass is 293 g/mol. The van der Waals surface area contributed by atoms with E-state index in [9.17, 15) is 10.1 Å². The maximum Gasteiger partial charge on any atom is 0.315 e. The number of para-hydroxylation sites is 1. The summed E-state index contributed by atoms with van der Waals surface area (Å²) in [5.74, 6) is 0. The summed E-state index contributed by atoms with van der Waals surface area (Å²) in [5, 5.41) is 14.7. The first kappa shape index (κ1) is 15.6. The average Bonchev–Trinajstić information content (AvgIpc) is 2.52. The Morgan fingerprint density at radius 1 is 1.43 bits per heavy atom. The van der Waals surface area contributed by atoms with Crippen LogP contribution in [-0.2, 0) is 4.74 Å². The number of ether oxygens (including phenoxy) is 1. The third-order valence-corrected chi connectivity index (χ3v) is 3.88. The highest BCUT2D eigenvalue weighted by molar-refractivity contribution is 5.77. The zero-order valence-corrected chi connectivity index (χ0v) is 12.7. The lowest BCUT2D eigenvalue weighted by Gasteiger charge is -2.32. The number of rotatable bonds is 6. The number of nitrogens with zero attached hydrogens (tertiary/aromatic N) is 2. The predicted octanol–water partition coefficient (Wildman–Crippen LogP) is 3.03. The van der Waals surface area contributed by atoms with Gasteiger partial charge in [0, 0.05) is 32.8 Å². The van der Waals surface area contributed by atoms with Gasteiger partial charge in [-0.05, 0) is 31.4 Å². The minimum absolute atomic E-state index is 0.167. The molecule has 1 N–H and O–H groups in total. The third-order valence-electron chi connectivity index (χ3n) is 3.88. The molecule has 1 aliphatic rings. The molecule has 0 aromatic heterocycles. The van der Waals surface area contributed by atoms with Gasteiger partial charge in [-0.15, -0.1) is 0 Å². The second-order valence-electron chi connectivity index (χ2n) is 5.31. The van der Waals surface area contributed by atoms with Crippen molar-refractivity contribution in [1.82, 2.24) is 0 Å². The number of nitro benzene ring substituents is 1. The highest BCUT2D eigenvalue weighted by Gasteiger charge is 2.27. The topological polar surface area (TPSA) is 67.6 Å². The lowest BCUT2D eigenvalue weighted by Crippen LogP contribution is -2.37. The van der Waals surface area contributed by atoms with Crippen molar-refractivity contribution in [3.05, 3.63) is 28.3 Å². The van der Waals surface area contributed by atoms with Crippen molar-refractivity contribution >= 4 is 17.1 Å². The van der Waals surface area contributed by atoms with Crippen LogP contribution in [0.5, 0.6) is 0 Å². The van der Waals surface area contributed by atoms with Crippen LogP contribution in [0.4, 0.5) is 17.1 Å². The van der Waals surface area contributed by atoms with Gasteiger partial charge >= 0.3 is 5.69 Å². The summed E-state index contributed by atoms with van der Waals surface area (Å²) in [6.45, 7) is 4.20. The van der Waals surface area contributed by atoms with E-state index in [2.05, 4.69) is 5.32 Å². The van der Waals surface area contributed by atoms with Crippen LogP contribution in [0.25, 0.3) is 0 Å². The smallest absolute Gasteiger partial charge is 0.315 e. The molecule has 0 unspecified atom stereocenters. The first-order valence-corrected chi connectivity index (χ1v) is 7.47. The molecule has 0 spiro atoms. The highest BCUT2D eigenvalue weighted by Crippen LogP contribution is 2.36. The quantitative estimate of drug-likeness (QED) is 0.645. The second-order valence-corrected chi connectivity index (χ2v) is 5.31. The van der Waals surface area contributed by atoms with Gasteiger partial charge in [-0.2, -0.15) is 0 Å². The normalized spacial score (nSPS) is 15.7. The van der Waals surface area contributed by atoms with Gasteiger partial charge in [-0.3, -0.25) is 10.1 Å². The van der Waals surface area contributed by atoms with E-state index in [4.69, 9.17) is 4.74 Å². The summed E-state index contributed by atoms with van der Waals surface area (Å²) >= 11 is 0. The van der Waals surface area contributed by atoms with Crippen LogP contribution in [0.15, 0.2) is 18.2 Å². The van der Waals surface area contributed by atoms with Crippen molar-refractivity contribution in [3.63, 3.8) is 0 Å². The molecule has 1 aliphatic heterocycles. The molecule has 1 saturated heterocycles. The van der Waals surface area contributed by atoms with Gasteiger partial charge in [0.05, 0.1) is 4.92 Å². The molecular weight excluding hydrogens is 270 g/mol. The van der Waals surface area contributed by atoms with E-state index in [0.29, 0.717) is 17.4 Å². The SMILES string of the molecule is CCCNc1cccc(N(C)C2CCOCC2)c1[N+](=O)[O-]. The number of hydrogen-bond acceptors (Lipinski definition) is 5. The van der Waals surface area contributed by atoms with Gasteiger partial charge in [0.25, 0.3) is 0 Å². The number of hydrogen-bond donors (Lipinski definition) is 1. The minimum Gasteiger partial charge on any atom is -0.381 e. The third kappa shape index (κ3) is 3.64. The molecule has 2 rings (SSSR count). The zero-order valence-electron chi connectivity index (χ0n) is 12.7. The van der Waals surface area contributed by atoms with E-state index >= 15 is 0 Å². The molecule has 0 atom stereocenters. The van der Waals surface area contributed by atoms with Crippen LogP contribution in [-0.4, -0.2) is 37.8 Å². The van der Waals surface area contributed by atoms with Crippen molar-refractivity contribution in [1.29, 1.82) is 0 Å². The molecular formula is C15H23N3O3. The molecule has 0 aliphatic carbocycles. The Hall–Kier alpha value is -1.82. The fourth-order valence-corrected chi connectivity index (χ4v) is 2.68. The molecule has 6 heteroatoms. The van der Waals surface area contributed by atoms with Crippen molar-refractivity contribution < 1.29 is 9.66 Å². The maximum absolute atomic E-state index is 11.5. The molecule has 1 heterocycles. The number of benzene rings is 1. The molecule has 1 fully saturated rings. The predicted molar refractivity (Wildman–Crippen MR) is 84.1 cm³/mol. The summed E-state index contributed by atoms with van der Waals surface area (Å²) < 4.78 is 5.37. The Balaban J connectivity index is 2.30. The van der Waals surface area contributed by atoms with Crippen LogP contribution >= 0.6 is 0 Å². The van der Waals surface area contributed by atoms with Crippen LogP contribution in [0.3, 0.4) is 0 Å². The standard InChI is InChI=1S/C15H23N3O3/c1-3-9-16-13-5-4-6-14(15(13)18(19)20)17(2)12-7-10-21-11-8-12/h4-6,12,16H,3,7-11H2,1-2H3. The molecule has 1 aromatic carbocycles. The van der Waals surface area contributed by atoms with Crippen molar-refractivity contribution in [2.24, 2.45) is 0 Å². The van der Waals surface area contributed by atoms with E-state index in [1.165, 1.54) is 0 Å². The van der Waals surface area contributed by atoms with E-state index in [-0.39, 0.29) is 10.6 Å². The summed E-state index contributed by atoms with van der Waals surface area (Å²) in [5.41, 5.74) is 1.44. The molecule has 21 heavy (non-hydrogen) atoms. The minimum atomic E-state index is -0.289. The summed E-state index contributed by atoms with van der Waals surface area (Å²) in [6.07, 6.45) is 2.73. The maximum atomic E-state index is 11.5. The van der Waals surface area contributed by atoms with Crippen LogP contribution in [0.2, 0.25) is 0 Å². The average molecular weight is 293 g/mol. The van der Waals surface area contributed by atoms with Crippen LogP contribution < -0.4 is 10.2 Å². The Labute approximate surface area is 125 Å². The van der Waals surface area contributed by atoms with Gasteiger partial charge < -0.3 is 15.0 Å². The van der Waals surface area contributed by atoms with E-state index in [1.807, 2.05) is 31.0 Å². The van der Waals surface area contributed by atoms with Gasteiger partial charge in [0.15, 0.2) is 0 Å². The Morgan fingerprint density at radius 3 is 2.76 bits per heavy atom. The molecule has 6 nitrogen and oxygen atoms in total. The molecule has 0 amide bonds. The Kier molecular flexibility index (Phi) is 5.38. The number of anilines is 2. The summed E-state index contributed by atoms with van der Waals surface area (Å²) in [6, 6.07) is 5.76. The lowest BCUT2D eigenvalue weighted by molar-refractivity contribution is -0.383. The second kappa shape index (κ2) is 7.26. The van der Waals surface area contributed by atoms with Gasteiger partial charge in [-0.1, -0.05) is 13.0 Å². The van der Waals surface area contributed by atoms with E-state index in [1.54, 1.807) is 6.07 Å². The number of nitrogens with one attached hydrogen (secondary N) is 1. The fourth-order valence-electron chi connectivity index (χ4n) is 2.68. The van der Waals surface area contributed by atoms with Crippen LogP contribution in [0, 0.1) is 10.1 Å². The largest absolute Gasteiger partial charge is 0.381 e. The lowest BCUT2D eigenvalue weighted by atomic mass is 10.1. The van der Waals surface area contributed by atoms with Gasteiger partial charge in [0.1, 0.15) is 11.4 Å². The van der Waals surface area contributed by atoms with Gasteiger partial charge in [0.2, 0.25) is 0 Å². The van der Waals surface area contributed by atoms with Crippen molar-refractivity contribution in [3.8, 4) is 0 Å². The number of nitro groups is 1.